The maximum Gasteiger partial charge on any atom is 0.169 e. The van der Waals surface area contributed by atoms with Gasteiger partial charge >= 0.3 is 0 Å². The zero-order valence-corrected chi connectivity index (χ0v) is 20.5. The Morgan fingerprint density at radius 3 is 2.61 bits per heavy atom. The van der Waals surface area contributed by atoms with E-state index in [1.165, 1.54) is 12.8 Å². The molecule has 0 bridgehead atoms. The van der Waals surface area contributed by atoms with E-state index >= 15 is 0 Å². The Kier molecular flexibility index (Phi) is 8.88. The van der Waals surface area contributed by atoms with Crippen LogP contribution in [0.5, 0.6) is 5.75 Å². The highest BCUT2D eigenvalue weighted by Gasteiger charge is 2.48. The van der Waals surface area contributed by atoms with Crippen LogP contribution in [0.3, 0.4) is 0 Å². The zero-order chi connectivity index (χ0) is 23.8. The first kappa shape index (κ1) is 25.2. The van der Waals surface area contributed by atoms with Gasteiger partial charge in [-0.2, -0.15) is 0 Å². The van der Waals surface area contributed by atoms with Gasteiger partial charge in [-0.3, -0.25) is 4.90 Å². The lowest BCUT2D eigenvalue weighted by Gasteiger charge is -2.56. The summed E-state index contributed by atoms with van der Waals surface area (Å²) < 4.78 is 5.69. The molecule has 4 N–H and O–H groups in total. The fraction of sp³-hybridized carbons (Fsp3) is 0.600. The summed E-state index contributed by atoms with van der Waals surface area (Å²) in [6.45, 7) is 12.6. The van der Waals surface area contributed by atoms with E-state index in [2.05, 4.69) is 32.2 Å². The minimum absolute atomic E-state index is 0.0239. The first-order chi connectivity index (χ1) is 16.1. The zero-order valence-electron chi connectivity index (χ0n) is 20.5. The van der Waals surface area contributed by atoms with E-state index in [0.717, 1.165) is 51.6 Å². The van der Waals surface area contributed by atoms with Gasteiger partial charge in [0.1, 0.15) is 5.75 Å². The number of nitrogens with one attached hydrogen (secondary N) is 1. The van der Waals surface area contributed by atoms with E-state index in [4.69, 9.17) is 10.5 Å². The molecule has 0 amide bonds. The molecule has 33 heavy (non-hydrogen) atoms. The molecule has 0 aliphatic carbocycles. The van der Waals surface area contributed by atoms with E-state index in [1.54, 1.807) is 12.1 Å². The maximum absolute atomic E-state index is 10.2. The number of hydrogen-bond acceptors (Lipinski definition) is 8. The van der Waals surface area contributed by atoms with E-state index in [1.807, 2.05) is 39.1 Å². The third-order valence-electron chi connectivity index (χ3n) is 6.72. The average molecular weight is 457 g/mol. The number of benzene rings is 1. The highest BCUT2D eigenvalue weighted by molar-refractivity contribution is 5.74. The van der Waals surface area contributed by atoms with Gasteiger partial charge in [0.05, 0.1) is 30.1 Å². The standard InChI is InChI=1S/C23H34N6O2.C2H6/c1-3-17(8-9-25-2)13-29-11-10-28(14-23(29)15-31-16-23)20-12-19(26-27-22(20)24)18-6-4-5-7-21(18)30;1-2/h4-7,12,17,25,30H,3,8-11,13-16H2,1-2H3,(H2,24,27);1-2H3. The molecule has 3 heterocycles. The van der Waals surface area contributed by atoms with Crippen molar-refractivity contribution in [3.05, 3.63) is 30.3 Å². The van der Waals surface area contributed by atoms with Crippen LogP contribution in [0.25, 0.3) is 11.3 Å². The van der Waals surface area contributed by atoms with Gasteiger partial charge < -0.3 is 25.8 Å². The summed E-state index contributed by atoms with van der Waals surface area (Å²) in [5, 5.41) is 21.9. The number of aromatic hydroxyl groups is 1. The maximum atomic E-state index is 10.2. The Hall–Kier alpha value is -2.42. The first-order valence-electron chi connectivity index (χ1n) is 12.2. The molecule has 2 saturated heterocycles. The van der Waals surface area contributed by atoms with Gasteiger partial charge in [-0.15, -0.1) is 10.2 Å². The highest BCUT2D eigenvalue weighted by atomic mass is 16.5. The van der Waals surface area contributed by atoms with E-state index in [-0.39, 0.29) is 11.3 Å². The molecule has 1 unspecified atom stereocenters. The topological polar surface area (TPSA) is 99.8 Å². The molecule has 2 fully saturated rings. The number of phenolic OH excluding ortho intramolecular Hbond substituents is 1. The number of piperazine rings is 1. The largest absolute Gasteiger partial charge is 0.507 e. The molecule has 1 spiro atoms. The lowest BCUT2D eigenvalue weighted by atomic mass is 9.89. The van der Waals surface area contributed by atoms with Crippen LogP contribution in [-0.4, -0.2) is 78.7 Å². The van der Waals surface area contributed by atoms with Gasteiger partial charge in [-0.1, -0.05) is 39.3 Å². The Bertz CT molecular complexity index is 889. The van der Waals surface area contributed by atoms with E-state index in [0.29, 0.717) is 23.0 Å². The highest BCUT2D eigenvalue weighted by Crippen LogP contribution is 2.36. The normalized spacial score (nSPS) is 18.4. The second kappa shape index (κ2) is 11.6. The van der Waals surface area contributed by atoms with Crippen molar-refractivity contribution < 1.29 is 9.84 Å². The van der Waals surface area contributed by atoms with Gasteiger partial charge in [0, 0.05) is 31.7 Å². The molecule has 1 aromatic carbocycles. The van der Waals surface area contributed by atoms with Crippen LogP contribution in [0, 0.1) is 5.92 Å². The fourth-order valence-electron chi connectivity index (χ4n) is 4.67. The van der Waals surface area contributed by atoms with Crippen molar-refractivity contribution >= 4 is 11.5 Å². The molecule has 2 aliphatic rings. The molecular formula is C25H40N6O2. The van der Waals surface area contributed by atoms with Crippen LogP contribution in [0.15, 0.2) is 30.3 Å². The Labute approximate surface area is 198 Å². The van der Waals surface area contributed by atoms with Crippen LogP contribution in [0.1, 0.15) is 33.6 Å². The summed E-state index contributed by atoms with van der Waals surface area (Å²) in [6.07, 6.45) is 2.37. The quantitative estimate of drug-likeness (QED) is 0.558. The fourth-order valence-corrected chi connectivity index (χ4v) is 4.67. The summed E-state index contributed by atoms with van der Waals surface area (Å²) in [6, 6.07) is 9.12. The smallest absolute Gasteiger partial charge is 0.169 e. The van der Waals surface area contributed by atoms with Crippen LogP contribution in [0.4, 0.5) is 11.5 Å². The Morgan fingerprint density at radius 1 is 1.21 bits per heavy atom. The number of rotatable bonds is 8. The SMILES string of the molecule is CC.CCC(CCNC)CN1CCN(c2cc(-c3ccccc3O)nnc2N)CC12COC2. The average Bonchev–Trinajstić information content (AvgIpc) is 2.83. The minimum Gasteiger partial charge on any atom is -0.507 e. The number of aromatic nitrogens is 2. The van der Waals surface area contributed by atoms with Crippen molar-refractivity contribution in [3.8, 4) is 17.0 Å². The van der Waals surface area contributed by atoms with Crippen molar-refractivity contribution in [2.24, 2.45) is 5.92 Å². The molecule has 1 aromatic heterocycles. The third kappa shape index (κ3) is 5.57. The Balaban J connectivity index is 0.00000149. The molecule has 2 aromatic rings. The molecule has 0 saturated carbocycles. The third-order valence-corrected chi connectivity index (χ3v) is 6.72. The molecule has 8 heteroatoms. The van der Waals surface area contributed by atoms with Crippen molar-refractivity contribution in [1.29, 1.82) is 0 Å². The summed E-state index contributed by atoms with van der Waals surface area (Å²) in [4.78, 5) is 4.94. The minimum atomic E-state index is 0.0239. The second-order valence-electron chi connectivity index (χ2n) is 8.77. The van der Waals surface area contributed by atoms with Crippen molar-refractivity contribution in [2.75, 3.05) is 63.6 Å². The lowest BCUT2D eigenvalue weighted by molar-refractivity contribution is -0.146. The lowest BCUT2D eigenvalue weighted by Crippen LogP contribution is -2.72. The first-order valence-corrected chi connectivity index (χ1v) is 12.2. The summed E-state index contributed by atoms with van der Waals surface area (Å²) in [7, 11) is 2.02. The van der Waals surface area contributed by atoms with Gasteiger partial charge in [0.2, 0.25) is 0 Å². The Morgan fingerprint density at radius 2 is 1.97 bits per heavy atom. The number of phenols is 1. The predicted octanol–water partition coefficient (Wildman–Crippen LogP) is 2.98. The van der Waals surface area contributed by atoms with Gasteiger partial charge in [0.15, 0.2) is 5.82 Å². The number of nitrogens with two attached hydrogens (primary N) is 1. The number of nitrogen functional groups attached to an aromatic ring is 1. The number of ether oxygens (including phenoxy) is 1. The predicted molar refractivity (Wildman–Crippen MR) is 135 cm³/mol. The van der Waals surface area contributed by atoms with Crippen LogP contribution in [0.2, 0.25) is 0 Å². The monoisotopic (exact) mass is 456 g/mol. The number of anilines is 2. The number of hydrogen-bond donors (Lipinski definition) is 3. The molecule has 1 atom stereocenters. The van der Waals surface area contributed by atoms with Crippen LogP contribution >= 0.6 is 0 Å². The molecule has 182 valence electrons. The molecule has 4 rings (SSSR count). The van der Waals surface area contributed by atoms with E-state index < -0.39 is 0 Å². The van der Waals surface area contributed by atoms with Gasteiger partial charge in [-0.25, -0.2) is 0 Å². The van der Waals surface area contributed by atoms with Crippen LogP contribution < -0.4 is 16.0 Å². The summed E-state index contributed by atoms with van der Waals surface area (Å²) in [5.74, 6) is 1.29. The summed E-state index contributed by atoms with van der Waals surface area (Å²) >= 11 is 0. The summed E-state index contributed by atoms with van der Waals surface area (Å²) in [5.41, 5.74) is 8.43. The van der Waals surface area contributed by atoms with Crippen molar-refractivity contribution in [1.82, 2.24) is 20.4 Å². The second-order valence-corrected chi connectivity index (χ2v) is 8.77. The van der Waals surface area contributed by atoms with Crippen LogP contribution in [-0.2, 0) is 4.74 Å². The van der Waals surface area contributed by atoms with Gasteiger partial charge in [0.25, 0.3) is 0 Å². The molecule has 8 nitrogen and oxygen atoms in total. The molecular weight excluding hydrogens is 416 g/mol. The van der Waals surface area contributed by atoms with Gasteiger partial charge in [-0.05, 0) is 44.1 Å². The number of nitrogens with zero attached hydrogens (tertiary/aromatic N) is 4. The number of para-hydroxylation sites is 1. The van der Waals surface area contributed by atoms with E-state index in [9.17, 15) is 5.11 Å². The molecule has 2 aliphatic heterocycles. The van der Waals surface area contributed by atoms with Crippen molar-refractivity contribution in [2.45, 2.75) is 39.2 Å². The molecule has 0 radical (unpaired) electrons. The van der Waals surface area contributed by atoms with Crippen molar-refractivity contribution in [3.63, 3.8) is 0 Å².